The van der Waals surface area contributed by atoms with E-state index in [0.717, 1.165) is 38.4 Å². The summed E-state index contributed by atoms with van der Waals surface area (Å²) < 4.78 is 38.3. The molecule has 2 aromatic rings. The SMILES string of the molecule is Cc1ccc(C(=O)Nc2cccc(CN3CCOCC3)c2)cc1S(=O)(=O)N1CCOCC1. The van der Waals surface area contributed by atoms with Crippen LogP contribution in [0.25, 0.3) is 0 Å². The van der Waals surface area contributed by atoms with E-state index in [1.54, 1.807) is 19.1 Å². The van der Waals surface area contributed by atoms with Crippen molar-refractivity contribution >= 4 is 21.6 Å². The van der Waals surface area contributed by atoms with E-state index >= 15 is 0 Å². The minimum Gasteiger partial charge on any atom is -0.379 e. The molecule has 0 atom stereocenters. The van der Waals surface area contributed by atoms with Gasteiger partial charge in [-0.3, -0.25) is 9.69 Å². The van der Waals surface area contributed by atoms with E-state index in [4.69, 9.17) is 9.47 Å². The highest BCUT2D eigenvalue weighted by atomic mass is 32.2. The van der Waals surface area contributed by atoms with Crippen molar-refractivity contribution in [1.82, 2.24) is 9.21 Å². The quantitative estimate of drug-likeness (QED) is 0.712. The predicted octanol–water partition coefficient (Wildman–Crippen LogP) is 2.10. The van der Waals surface area contributed by atoms with Crippen molar-refractivity contribution in [2.24, 2.45) is 0 Å². The number of nitrogens with zero attached hydrogens (tertiary/aromatic N) is 2. The molecule has 0 unspecified atom stereocenters. The van der Waals surface area contributed by atoms with Crippen molar-refractivity contribution in [1.29, 1.82) is 0 Å². The highest BCUT2D eigenvalue weighted by Crippen LogP contribution is 2.23. The molecule has 0 aromatic heterocycles. The first-order valence-electron chi connectivity index (χ1n) is 10.8. The molecule has 0 saturated carbocycles. The second kappa shape index (κ2) is 10.1. The summed E-state index contributed by atoms with van der Waals surface area (Å²) in [7, 11) is -3.69. The van der Waals surface area contributed by atoms with Gasteiger partial charge in [0.2, 0.25) is 10.0 Å². The highest BCUT2D eigenvalue weighted by molar-refractivity contribution is 7.89. The molecule has 2 aromatic carbocycles. The third-order valence-electron chi connectivity index (χ3n) is 5.73. The van der Waals surface area contributed by atoms with E-state index in [1.807, 2.05) is 24.3 Å². The van der Waals surface area contributed by atoms with Gasteiger partial charge in [-0.1, -0.05) is 18.2 Å². The molecular formula is C23H29N3O5S. The Morgan fingerprint density at radius 2 is 1.66 bits per heavy atom. The van der Waals surface area contributed by atoms with E-state index in [1.165, 1.54) is 10.4 Å². The molecule has 172 valence electrons. The average Bonchev–Trinajstić information content (AvgIpc) is 2.80. The molecule has 1 amide bonds. The fraction of sp³-hybridized carbons (Fsp3) is 0.435. The Labute approximate surface area is 189 Å². The number of rotatable bonds is 6. The van der Waals surface area contributed by atoms with Crippen LogP contribution in [0, 0.1) is 6.92 Å². The molecule has 32 heavy (non-hydrogen) atoms. The third-order valence-corrected chi connectivity index (χ3v) is 7.77. The molecule has 8 nitrogen and oxygen atoms in total. The Hall–Kier alpha value is -2.30. The lowest BCUT2D eigenvalue weighted by atomic mass is 10.1. The van der Waals surface area contributed by atoms with Crippen LogP contribution in [0.2, 0.25) is 0 Å². The zero-order valence-corrected chi connectivity index (χ0v) is 19.1. The summed E-state index contributed by atoms with van der Waals surface area (Å²) in [5, 5.41) is 2.90. The van der Waals surface area contributed by atoms with Crippen molar-refractivity contribution in [3.63, 3.8) is 0 Å². The van der Waals surface area contributed by atoms with E-state index in [0.29, 0.717) is 43.1 Å². The van der Waals surface area contributed by atoms with Gasteiger partial charge in [0.1, 0.15) is 0 Å². The summed E-state index contributed by atoms with van der Waals surface area (Å²) in [5.74, 6) is -0.341. The zero-order chi connectivity index (χ0) is 22.6. The summed E-state index contributed by atoms with van der Waals surface area (Å²) >= 11 is 0. The van der Waals surface area contributed by atoms with Crippen LogP contribution in [0.1, 0.15) is 21.5 Å². The largest absolute Gasteiger partial charge is 0.379 e. The number of amides is 1. The van der Waals surface area contributed by atoms with Crippen LogP contribution >= 0.6 is 0 Å². The van der Waals surface area contributed by atoms with E-state index in [9.17, 15) is 13.2 Å². The van der Waals surface area contributed by atoms with Gasteiger partial charge in [0.05, 0.1) is 31.3 Å². The number of anilines is 1. The topological polar surface area (TPSA) is 88.2 Å². The standard InChI is InChI=1S/C23H29N3O5S/c1-18-5-6-20(16-22(18)32(28,29)26-9-13-31-14-10-26)23(27)24-21-4-2-3-19(15-21)17-25-7-11-30-12-8-25/h2-6,15-16H,7-14,17H2,1H3,(H,24,27). The lowest BCUT2D eigenvalue weighted by Gasteiger charge is -2.27. The Kier molecular flexibility index (Phi) is 7.22. The summed E-state index contributed by atoms with van der Waals surface area (Å²) in [6.07, 6.45) is 0. The number of ether oxygens (including phenoxy) is 2. The molecule has 9 heteroatoms. The number of carbonyl (C=O) groups is 1. The molecule has 2 heterocycles. The molecule has 2 aliphatic rings. The predicted molar refractivity (Wildman–Crippen MR) is 121 cm³/mol. The first-order valence-corrected chi connectivity index (χ1v) is 12.3. The number of hydrogen-bond acceptors (Lipinski definition) is 6. The van der Waals surface area contributed by atoms with Gasteiger partial charge in [0.15, 0.2) is 0 Å². The second-order valence-corrected chi connectivity index (χ2v) is 9.95. The van der Waals surface area contributed by atoms with Gasteiger partial charge in [0, 0.05) is 44.0 Å². The maximum absolute atomic E-state index is 13.1. The van der Waals surface area contributed by atoms with Crippen LogP contribution in [0.15, 0.2) is 47.4 Å². The first kappa shape index (κ1) is 22.9. The summed E-state index contributed by atoms with van der Waals surface area (Å²) in [4.78, 5) is 15.4. The minimum absolute atomic E-state index is 0.160. The molecular weight excluding hydrogens is 430 g/mol. The van der Waals surface area contributed by atoms with Crippen molar-refractivity contribution in [2.75, 3.05) is 57.9 Å². The van der Waals surface area contributed by atoms with Crippen LogP contribution in [-0.2, 0) is 26.0 Å². The number of benzene rings is 2. The number of sulfonamides is 1. The number of morpholine rings is 2. The van der Waals surface area contributed by atoms with Gasteiger partial charge in [-0.2, -0.15) is 4.31 Å². The first-order chi connectivity index (χ1) is 15.4. The van der Waals surface area contributed by atoms with Crippen molar-refractivity contribution in [3.8, 4) is 0 Å². The lowest BCUT2D eigenvalue weighted by molar-refractivity contribution is 0.0342. The number of carbonyl (C=O) groups excluding carboxylic acids is 1. The van der Waals surface area contributed by atoms with Crippen LogP contribution < -0.4 is 5.32 Å². The summed E-state index contributed by atoms with van der Waals surface area (Å²) in [5.41, 5.74) is 2.70. The van der Waals surface area contributed by atoms with Crippen molar-refractivity contribution in [2.45, 2.75) is 18.4 Å². The van der Waals surface area contributed by atoms with Crippen LogP contribution in [0.3, 0.4) is 0 Å². The normalized spacial score (nSPS) is 18.4. The molecule has 2 aliphatic heterocycles. The average molecular weight is 460 g/mol. The third kappa shape index (κ3) is 5.36. The minimum atomic E-state index is -3.69. The van der Waals surface area contributed by atoms with Crippen LogP contribution in [-0.4, -0.2) is 76.1 Å². The Morgan fingerprint density at radius 1 is 0.969 bits per heavy atom. The fourth-order valence-electron chi connectivity index (χ4n) is 3.91. The second-order valence-electron chi connectivity index (χ2n) is 8.04. The van der Waals surface area contributed by atoms with E-state index in [2.05, 4.69) is 10.2 Å². The Balaban J connectivity index is 1.49. The number of hydrogen-bond donors (Lipinski definition) is 1. The molecule has 0 aliphatic carbocycles. The van der Waals surface area contributed by atoms with Gasteiger partial charge in [-0.25, -0.2) is 8.42 Å². The monoisotopic (exact) mass is 459 g/mol. The number of nitrogens with one attached hydrogen (secondary N) is 1. The number of aryl methyl sites for hydroxylation is 1. The van der Waals surface area contributed by atoms with E-state index < -0.39 is 10.0 Å². The Bertz CT molecular complexity index is 1060. The highest BCUT2D eigenvalue weighted by Gasteiger charge is 2.28. The Morgan fingerprint density at radius 3 is 2.38 bits per heavy atom. The van der Waals surface area contributed by atoms with Gasteiger partial charge >= 0.3 is 0 Å². The maximum atomic E-state index is 13.1. The maximum Gasteiger partial charge on any atom is 0.255 e. The summed E-state index contributed by atoms with van der Waals surface area (Å²) in [6, 6.07) is 12.5. The fourth-order valence-corrected chi connectivity index (χ4v) is 5.57. The molecule has 0 bridgehead atoms. The molecule has 4 rings (SSSR count). The van der Waals surface area contributed by atoms with Crippen LogP contribution in [0.5, 0.6) is 0 Å². The zero-order valence-electron chi connectivity index (χ0n) is 18.2. The summed E-state index contributed by atoms with van der Waals surface area (Å²) in [6.45, 7) is 7.16. The van der Waals surface area contributed by atoms with Gasteiger partial charge < -0.3 is 14.8 Å². The molecule has 0 radical (unpaired) electrons. The smallest absolute Gasteiger partial charge is 0.255 e. The lowest BCUT2D eigenvalue weighted by Crippen LogP contribution is -2.40. The van der Waals surface area contributed by atoms with Crippen LogP contribution in [0.4, 0.5) is 5.69 Å². The molecule has 1 N–H and O–H groups in total. The van der Waals surface area contributed by atoms with Crippen molar-refractivity contribution < 1.29 is 22.7 Å². The van der Waals surface area contributed by atoms with E-state index in [-0.39, 0.29) is 10.8 Å². The molecule has 2 saturated heterocycles. The molecule has 0 spiro atoms. The van der Waals surface area contributed by atoms with Gasteiger partial charge in [-0.15, -0.1) is 0 Å². The van der Waals surface area contributed by atoms with Gasteiger partial charge in [0.25, 0.3) is 5.91 Å². The molecule has 2 fully saturated rings. The van der Waals surface area contributed by atoms with Gasteiger partial charge in [-0.05, 0) is 42.3 Å². The van der Waals surface area contributed by atoms with Crippen molar-refractivity contribution in [3.05, 3.63) is 59.2 Å².